The van der Waals surface area contributed by atoms with Crippen molar-refractivity contribution in [1.29, 1.82) is 0 Å². The number of methoxy groups -OCH3 is 2. The lowest BCUT2D eigenvalue weighted by Crippen LogP contribution is -2.13. The third-order valence-corrected chi connectivity index (χ3v) is 4.62. The van der Waals surface area contributed by atoms with E-state index in [2.05, 4.69) is 10.6 Å². The van der Waals surface area contributed by atoms with Crippen molar-refractivity contribution in [3.63, 3.8) is 0 Å². The Balaban J connectivity index is 1.75. The standard InChI is InChI=1S/C24H24N2O6/c1-15-7-9-18(25-17-5-4-6-19(12-17)32-14-23(27)28)13-20(15)26-24(29)16-8-10-21(30-2)22(11-16)31-3/h4-13,25H,14H2,1-3H3,(H,26,29)(H,27,28). The Hall–Kier alpha value is -4.20. The highest BCUT2D eigenvalue weighted by molar-refractivity contribution is 6.05. The number of aryl methyl sites for hydroxylation is 1. The lowest BCUT2D eigenvalue weighted by atomic mass is 10.1. The Morgan fingerprint density at radius 1 is 0.906 bits per heavy atom. The van der Waals surface area contributed by atoms with Crippen molar-refractivity contribution in [2.75, 3.05) is 31.5 Å². The van der Waals surface area contributed by atoms with Gasteiger partial charge in [-0.05, 0) is 55.0 Å². The maximum absolute atomic E-state index is 12.8. The van der Waals surface area contributed by atoms with Crippen LogP contribution in [0.2, 0.25) is 0 Å². The van der Waals surface area contributed by atoms with Gasteiger partial charge in [0.15, 0.2) is 18.1 Å². The Morgan fingerprint density at radius 2 is 1.66 bits per heavy atom. The number of rotatable bonds is 9. The number of ether oxygens (including phenoxy) is 3. The number of benzene rings is 3. The average Bonchev–Trinajstić information content (AvgIpc) is 2.79. The van der Waals surface area contributed by atoms with Crippen LogP contribution in [-0.2, 0) is 4.79 Å². The first-order chi connectivity index (χ1) is 15.4. The van der Waals surface area contributed by atoms with Crippen LogP contribution in [0.1, 0.15) is 15.9 Å². The lowest BCUT2D eigenvalue weighted by molar-refractivity contribution is -0.139. The summed E-state index contributed by atoms with van der Waals surface area (Å²) in [5.41, 5.74) is 3.43. The molecule has 0 atom stereocenters. The summed E-state index contributed by atoms with van der Waals surface area (Å²) in [6.07, 6.45) is 0. The highest BCUT2D eigenvalue weighted by atomic mass is 16.5. The highest BCUT2D eigenvalue weighted by Gasteiger charge is 2.12. The molecule has 0 aliphatic carbocycles. The third kappa shape index (κ3) is 5.69. The summed E-state index contributed by atoms with van der Waals surface area (Å²) in [4.78, 5) is 23.5. The predicted molar refractivity (Wildman–Crippen MR) is 122 cm³/mol. The maximum Gasteiger partial charge on any atom is 0.341 e. The number of nitrogens with one attached hydrogen (secondary N) is 2. The van der Waals surface area contributed by atoms with Crippen molar-refractivity contribution < 1.29 is 28.9 Å². The van der Waals surface area contributed by atoms with Gasteiger partial charge >= 0.3 is 5.97 Å². The van der Waals surface area contributed by atoms with Gasteiger partial charge in [0.1, 0.15) is 5.75 Å². The summed E-state index contributed by atoms with van der Waals surface area (Å²) in [5.74, 6) is 0.122. The van der Waals surface area contributed by atoms with Crippen LogP contribution < -0.4 is 24.8 Å². The van der Waals surface area contributed by atoms with E-state index in [9.17, 15) is 9.59 Å². The fourth-order valence-electron chi connectivity index (χ4n) is 2.98. The molecule has 0 aliphatic rings. The van der Waals surface area contributed by atoms with Gasteiger partial charge < -0.3 is 30.0 Å². The first kappa shape index (κ1) is 22.5. The van der Waals surface area contributed by atoms with E-state index in [-0.39, 0.29) is 5.91 Å². The first-order valence-corrected chi connectivity index (χ1v) is 9.75. The Labute approximate surface area is 185 Å². The molecule has 0 radical (unpaired) electrons. The third-order valence-electron chi connectivity index (χ3n) is 4.62. The van der Waals surface area contributed by atoms with Gasteiger partial charge in [0.05, 0.1) is 14.2 Å². The van der Waals surface area contributed by atoms with E-state index in [1.54, 1.807) is 36.4 Å². The molecule has 8 heteroatoms. The van der Waals surface area contributed by atoms with Gasteiger partial charge in [0, 0.05) is 28.7 Å². The van der Waals surface area contributed by atoms with Gasteiger partial charge in [-0.1, -0.05) is 12.1 Å². The largest absolute Gasteiger partial charge is 0.493 e. The molecule has 1 amide bonds. The minimum Gasteiger partial charge on any atom is -0.493 e. The molecule has 0 spiro atoms. The number of aliphatic carboxylic acids is 1. The van der Waals surface area contributed by atoms with E-state index >= 15 is 0 Å². The summed E-state index contributed by atoms with van der Waals surface area (Å²) in [6, 6.07) is 17.5. The fourth-order valence-corrected chi connectivity index (χ4v) is 2.98. The van der Waals surface area contributed by atoms with E-state index in [1.165, 1.54) is 14.2 Å². The van der Waals surface area contributed by atoms with Crippen LogP contribution in [0, 0.1) is 6.92 Å². The minimum atomic E-state index is -1.04. The fraction of sp³-hybridized carbons (Fsp3) is 0.167. The second kappa shape index (κ2) is 10.2. The van der Waals surface area contributed by atoms with Crippen LogP contribution in [0.15, 0.2) is 60.7 Å². The molecule has 3 aromatic carbocycles. The van der Waals surface area contributed by atoms with Gasteiger partial charge in [-0.3, -0.25) is 4.79 Å². The molecule has 3 aromatic rings. The van der Waals surface area contributed by atoms with Crippen molar-refractivity contribution in [3.05, 3.63) is 71.8 Å². The number of carbonyl (C=O) groups is 2. The van der Waals surface area contributed by atoms with Crippen molar-refractivity contribution in [2.45, 2.75) is 6.92 Å². The Morgan fingerprint density at radius 3 is 2.38 bits per heavy atom. The molecule has 0 bridgehead atoms. The zero-order valence-corrected chi connectivity index (χ0v) is 18.0. The second-order valence-corrected chi connectivity index (χ2v) is 6.89. The summed E-state index contributed by atoms with van der Waals surface area (Å²) in [7, 11) is 3.05. The number of anilines is 3. The second-order valence-electron chi connectivity index (χ2n) is 6.89. The van der Waals surface area contributed by atoms with Gasteiger partial charge in [-0.25, -0.2) is 4.79 Å². The summed E-state index contributed by atoms with van der Waals surface area (Å²) in [6.45, 7) is 1.48. The van der Waals surface area contributed by atoms with E-state index < -0.39 is 12.6 Å². The van der Waals surface area contributed by atoms with E-state index in [1.807, 2.05) is 31.2 Å². The smallest absolute Gasteiger partial charge is 0.341 e. The molecular weight excluding hydrogens is 412 g/mol. The number of carboxylic acid groups (broad SMARTS) is 1. The zero-order valence-electron chi connectivity index (χ0n) is 18.0. The van der Waals surface area contributed by atoms with E-state index in [0.717, 1.165) is 11.3 Å². The first-order valence-electron chi connectivity index (χ1n) is 9.75. The molecule has 0 saturated heterocycles. The van der Waals surface area contributed by atoms with Crippen LogP contribution in [0.4, 0.5) is 17.1 Å². The van der Waals surface area contributed by atoms with Gasteiger partial charge in [0.25, 0.3) is 5.91 Å². The van der Waals surface area contributed by atoms with Crippen LogP contribution >= 0.6 is 0 Å². The molecule has 3 rings (SSSR count). The molecular formula is C24H24N2O6. The number of hydrogen-bond donors (Lipinski definition) is 3. The number of hydrogen-bond acceptors (Lipinski definition) is 6. The number of carboxylic acids is 1. The number of carbonyl (C=O) groups excluding carboxylic acids is 1. The van der Waals surface area contributed by atoms with Crippen molar-refractivity contribution >= 4 is 28.9 Å². The minimum absolute atomic E-state index is 0.282. The molecule has 32 heavy (non-hydrogen) atoms. The Bertz CT molecular complexity index is 1130. The molecule has 0 aliphatic heterocycles. The average molecular weight is 436 g/mol. The maximum atomic E-state index is 12.8. The molecule has 0 heterocycles. The van der Waals surface area contributed by atoms with Gasteiger partial charge in [-0.2, -0.15) is 0 Å². The van der Waals surface area contributed by atoms with Crippen molar-refractivity contribution in [2.24, 2.45) is 0 Å². The molecule has 0 unspecified atom stereocenters. The van der Waals surface area contributed by atoms with Crippen LogP contribution in [0.3, 0.4) is 0 Å². The molecule has 0 saturated carbocycles. The number of amides is 1. The zero-order chi connectivity index (χ0) is 23.1. The van der Waals surface area contributed by atoms with Crippen LogP contribution in [0.25, 0.3) is 0 Å². The predicted octanol–water partition coefficient (Wildman–Crippen LogP) is 4.47. The van der Waals surface area contributed by atoms with Gasteiger partial charge in [0.2, 0.25) is 0 Å². The molecule has 0 aromatic heterocycles. The summed E-state index contributed by atoms with van der Waals surface area (Å²) >= 11 is 0. The lowest BCUT2D eigenvalue weighted by Gasteiger charge is -2.14. The highest BCUT2D eigenvalue weighted by Crippen LogP contribution is 2.29. The Kier molecular flexibility index (Phi) is 7.17. The molecule has 0 fully saturated rings. The van der Waals surface area contributed by atoms with E-state index in [0.29, 0.717) is 34.2 Å². The molecule has 8 nitrogen and oxygen atoms in total. The molecule has 166 valence electrons. The summed E-state index contributed by atoms with van der Waals surface area (Å²) in [5, 5.41) is 14.9. The van der Waals surface area contributed by atoms with Crippen LogP contribution in [-0.4, -0.2) is 37.8 Å². The topological polar surface area (TPSA) is 106 Å². The SMILES string of the molecule is COc1ccc(C(=O)Nc2cc(Nc3cccc(OCC(=O)O)c3)ccc2C)cc1OC. The van der Waals surface area contributed by atoms with Crippen molar-refractivity contribution in [1.82, 2.24) is 0 Å². The van der Waals surface area contributed by atoms with Gasteiger partial charge in [-0.15, -0.1) is 0 Å². The van der Waals surface area contributed by atoms with Crippen molar-refractivity contribution in [3.8, 4) is 17.2 Å². The monoisotopic (exact) mass is 436 g/mol. The van der Waals surface area contributed by atoms with E-state index in [4.69, 9.17) is 19.3 Å². The quantitative estimate of drug-likeness (QED) is 0.454. The van der Waals surface area contributed by atoms with Crippen LogP contribution in [0.5, 0.6) is 17.2 Å². The summed E-state index contributed by atoms with van der Waals surface area (Å²) < 4.78 is 15.7. The normalized spacial score (nSPS) is 10.2. The molecule has 3 N–H and O–H groups in total.